The van der Waals surface area contributed by atoms with Crippen molar-refractivity contribution >= 4 is 12.0 Å². The number of carbonyl (C=O) groups excluding carboxylic acids is 1. The number of hydrogen-bond acceptors (Lipinski definition) is 2. The predicted molar refractivity (Wildman–Crippen MR) is 62.6 cm³/mol. The van der Waals surface area contributed by atoms with Crippen LogP contribution in [-0.4, -0.2) is 6.29 Å². The average molecular weight is 217 g/mol. The summed E-state index contributed by atoms with van der Waals surface area (Å²) in [6, 6.07) is 14.9. The molecular weight excluding hydrogens is 205 g/mol. The quantitative estimate of drug-likeness (QED) is 0.589. The summed E-state index contributed by atoms with van der Waals surface area (Å²) in [4.78, 5) is 10.00. The van der Waals surface area contributed by atoms with Crippen molar-refractivity contribution in [3.05, 3.63) is 66.0 Å². The van der Waals surface area contributed by atoms with Gasteiger partial charge in [0.15, 0.2) is 0 Å². The zero-order chi connectivity index (χ0) is 11.8. The smallest absolute Gasteiger partial charge is 0.150 e. The molecule has 0 spiro atoms. The maximum Gasteiger partial charge on any atom is 0.150 e. The SMILES string of the molecule is Nc1ccccc1.O=Cc1ccc(F)cc1. The molecular formula is C13H12FNO. The summed E-state index contributed by atoms with van der Waals surface area (Å²) in [5, 5.41) is 0. The van der Waals surface area contributed by atoms with E-state index in [1.165, 1.54) is 24.3 Å². The molecule has 0 saturated heterocycles. The third-order valence-corrected chi connectivity index (χ3v) is 1.81. The molecule has 3 heteroatoms. The molecule has 0 amide bonds. The molecule has 0 radical (unpaired) electrons. The highest BCUT2D eigenvalue weighted by molar-refractivity contribution is 5.74. The second-order valence-corrected chi connectivity index (χ2v) is 3.08. The second-order valence-electron chi connectivity index (χ2n) is 3.08. The molecule has 2 rings (SSSR count). The molecule has 2 aromatic rings. The Morgan fingerprint density at radius 2 is 1.50 bits per heavy atom. The molecule has 2 N–H and O–H groups in total. The number of nitrogens with two attached hydrogens (primary N) is 1. The topological polar surface area (TPSA) is 43.1 Å². The number of carbonyl (C=O) groups is 1. The molecule has 16 heavy (non-hydrogen) atoms. The number of aldehydes is 1. The van der Waals surface area contributed by atoms with Crippen molar-refractivity contribution in [1.29, 1.82) is 0 Å². The second kappa shape index (κ2) is 6.35. The van der Waals surface area contributed by atoms with Crippen LogP contribution in [0.4, 0.5) is 10.1 Å². The average Bonchev–Trinajstić information content (AvgIpc) is 2.32. The molecule has 2 nitrogen and oxygen atoms in total. The fraction of sp³-hybridized carbons (Fsp3) is 0. The number of nitrogen functional groups attached to an aromatic ring is 1. The molecule has 0 unspecified atom stereocenters. The highest BCUT2D eigenvalue weighted by Crippen LogP contribution is 1.98. The first kappa shape index (κ1) is 11.9. The van der Waals surface area contributed by atoms with Crippen molar-refractivity contribution in [1.82, 2.24) is 0 Å². The van der Waals surface area contributed by atoms with E-state index in [1.54, 1.807) is 0 Å². The Hall–Kier alpha value is -2.16. The number of para-hydroxylation sites is 1. The van der Waals surface area contributed by atoms with Crippen molar-refractivity contribution in [2.24, 2.45) is 0 Å². The van der Waals surface area contributed by atoms with Crippen molar-refractivity contribution in [3.8, 4) is 0 Å². The predicted octanol–water partition coefficient (Wildman–Crippen LogP) is 2.91. The summed E-state index contributed by atoms with van der Waals surface area (Å²) < 4.78 is 12.1. The summed E-state index contributed by atoms with van der Waals surface area (Å²) in [5.74, 6) is -0.319. The van der Waals surface area contributed by atoms with Gasteiger partial charge < -0.3 is 5.73 Å². The van der Waals surface area contributed by atoms with Gasteiger partial charge in [0.25, 0.3) is 0 Å². The monoisotopic (exact) mass is 217 g/mol. The van der Waals surface area contributed by atoms with Crippen LogP contribution in [-0.2, 0) is 0 Å². The fourth-order valence-corrected chi connectivity index (χ4v) is 0.994. The number of hydrogen-bond donors (Lipinski definition) is 1. The third-order valence-electron chi connectivity index (χ3n) is 1.81. The van der Waals surface area contributed by atoms with Crippen LogP contribution < -0.4 is 5.73 Å². The first-order chi connectivity index (χ1) is 7.72. The van der Waals surface area contributed by atoms with Gasteiger partial charge in [-0.05, 0) is 36.4 Å². The normalized spacial score (nSPS) is 8.81. The van der Waals surface area contributed by atoms with Crippen LogP contribution in [0.25, 0.3) is 0 Å². The molecule has 0 atom stereocenters. The number of benzene rings is 2. The van der Waals surface area contributed by atoms with Crippen LogP contribution in [0.5, 0.6) is 0 Å². The molecule has 0 aliphatic carbocycles. The number of anilines is 1. The summed E-state index contributed by atoms with van der Waals surface area (Å²) >= 11 is 0. The van der Waals surface area contributed by atoms with E-state index in [2.05, 4.69) is 0 Å². The Morgan fingerprint density at radius 3 is 1.88 bits per heavy atom. The van der Waals surface area contributed by atoms with E-state index < -0.39 is 0 Å². The molecule has 0 aliphatic rings. The number of rotatable bonds is 1. The molecule has 0 saturated carbocycles. The van der Waals surface area contributed by atoms with E-state index in [0.29, 0.717) is 11.8 Å². The Labute approximate surface area is 93.5 Å². The summed E-state index contributed by atoms with van der Waals surface area (Å²) in [6.45, 7) is 0. The van der Waals surface area contributed by atoms with Crippen LogP contribution in [0, 0.1) is 5.82 Å². The van der Waals surface area contributed by atoms with E-state index in [0.717, 1.165) is 5.69 Å². The standard InChI is InChI=1S/C7H5FO.C6H7N/c8-7-3-1-6(5-9)2-4-7;7-6-4-2-1-3-5-6/h1-5H;1-5H,7H2. The summed E-state index contributed by atoms with van der Waals surface area (Å²) in [7, 11) is 0. The molecule has 0 heterocycles. The van der Waals surface area contributed by atoms with Gasteiger partial charge in [-0.3, -0.25) is 4.79 Å². The van der Waals surface area contributed by atoms with Gasteiger partial charge in [-0.2, -0.15) is 0 Å². The van der Waals surface area contributed by atoms with Crippen LogP contribution in [0.2, 0.25) is 0 Å². The van der Waals surface area contributed by atoms with Gasteiger partial charge >= 0.3 is 0 Å². The lowest BCUT2D eigenvalue weighted by Crippen LogP contribution is -1.79. The molecule has 0 bridgehead atoms. The van der Waals surface area contributed by atoms with Gasteiger partial charge in [-0.15, -0.1) is 0 Å². The van der Waals surface area contributed by atoms with Crippen LogP contribution in [0.1, 0.15) is 10.4 Å². The Morgan fingerprint density at radius 1 is 0.938 bits per heavy atom. The fourth-order valence-electron chi connectivity index (χ4n) is 0.994. The Kier molecular flexibility index (Phi) is 4.73. The third kappa shape index (κ3) is 4.37. The van der Waals surface area contributed by atoms with E-state index in [1.807, 2.05) is 30.3 Å². The Bertz CT molecular complexity index is 425. The van der Waals surface area contributed by atoms with E-state index in [-0.39, 0.29) is 5.82 Å². The zero-order valence-electron chi connectivity index (χ0n) is 8.64. The van der Waals surface area contributed by atoms with E-state index in [4.69, 9.17) is 5.73 Å². The summed E-state index contributed by atoms with van der Waals surface area (Å²) in [5.41, 5.74) is 6.68. The first-order valence-corrected chi connectivity index (χ1v) is 4.73. The Balaban J connectivity index is 0.000000165. The minimum absolute atomic E-state index is 0.319. The maximum atomic E-state index is 12.1. The molecule has 82 valence electrons. The lowest BCUT2D eigenvalue weighted by molar-refractivity contribution is 0.112. The van der Waals surface area contributed by atoms with E-state index >= 15 is 0 Å². The van der Waals surface area contributed by atoms with Crippen LogP contribution >= 0.6 is 0 Å². The summed E-state index contributed by atoms with van der Waals surface area (Å²) in [6.07, 6.45) is 0.680. The van der Waals surface area contributed by atoms with Gasteiger partial charge in [0.2, 0.25) is 0 Å². The minimum atomic E-state index is -0.319. The van der Waals surface area contributed by atoms with Gasteiger partial charge in [-0.1, -0.05) is 18.2 Å². The zero-order valence-corrected chi connectivity index (χ0v) is 8.64. The van der Waals surface area contributed by atoms with Crippen molar-refractivity contribution in [3.63, 3.8) is 0 Å². The van der Waals surface area contributed by atoms with Gasteiger partial charge in [0.05, 0.1) is 0 Å². The minimum Gasteiger partial charge on any atom is -0.399 e. The van der Waals surface area contributed by atoms with Crippen molar-refractivity contribution in [2.45, 2.75) is 0 Å². The lowest BCUT2D eigenvalue weighted by atomic mass is 10.2. The van der Waals surface area contributed by atoms with Gasteiger partial charge in [-0.25, -0.2) is 4.39 Å². The van der Waals surface area contributed by atoms with Crippen LogP contribution in [0.15, 0.2) is 54.6 Å². The lowest BCUT2D eigenvalue weighted by Gasteiger charge is -1.86. The largest absolute Gasteiger partial charge is 0.399 e. The van der Waals surface area contributed by atoms with Crippen molar-refractivity contribution < 1.29 is 9.18 Å². The van der Waals surface area contributed by atoms with Crippen LogP contribution in [0.3, 0.4) is 0 Å². The highest BCUT2D eigenvalue weighted by atomic mass is 19.1. The molecule has 0 fully saturated rings. The molecule has 0 aliphatic heterocycles. The maximum absolute atomic E-state index is 12.1. The molecule has 2 aromatic carbocycles. The molecule has 0 aromatic heterocycles. The first-order valence-electron chi connectivity index (χ1n) is 4.73. The van der Waals surface area contributed by atoms with Gasteiger partial charge in [0.1, 0.15) is 12.1 Å². The van der Waals surface area contributed by atoms with Crippen molar-refractivity contribution in [2.75, 3.05) is 5.73 Å². The highest BCUT2D eigenvalue weighted by Gasteiger charge is 1.87. The van der Waals surface area contributed by atoms with E-state index in [9.17, 15) is 9.18 Å². The number of halogens is 1. The van der Waals surface area contributed by atoms with Gasteiger partial charge in [0, 0.05) is 11.3 Å².